The second-order valence-electron chi connectivity index (χ2n) is 5.55. The molecule has 5 nitrogen and oxygen atoms in total. The van der Waals surface area contributed by atoms with Crippen molar-refractivity contribution in [2.24, 2.45) is 4.99 Å². The first kappa shape index (κ1) is 18.3. The van der Waals surface area contributed by atoms with Gasteiger partial charge in [-0.05, 0) is 31.5 Å². The lowest BCUT2D eigenvalue weighted by Gasteiger charge is -2.39. The minimum atomic E-state index is -0.624. The van der Waals surface area contributed by atoms with E-state index in [0.717, 1.165) is 0 Å². The van der Waals surface area contributed by atoms with Gasteiger partial charge in [-0.25, -0.2) is 9.79 Å². The maximum absolute atomic E-state index is 12.6. The van der Waals surface area contributed by atoms with E-state index in [-0.39, 0.29) is 12.5 Å². The number of allylic oxidation sites excluding steroid dienone is 1. The Balaban J connectivity index is 2.17. The molecule has 1 aromatic rings. The lowest BCUT2D eigenvalue weighted by atomic mass is 9.94. The van der Waals surface area contributed by atoms with E-state index in [4.69, 9.17) is 27.9 Å². The molecule has 2 aliphatic rings. The van der Waals surface area contributed by atoms with Crippen molar-refractivity contribution < 1.29 is 14.3 Å². The number of rotatable bonds is 3. The molecule has 0 saturated carbocycles. The predicted octanol–water partition coefficient (Wildman–Crippen LogP) is 4.21. The number of benzene rings is 1. The van der Waals surface area contributed by atoms with Gasteiger partial charge in [-0.15, -0.1) is 0 Å². The Morgan fingerprint density at radius 1 is 1.40 bits per heavy atom. The minimum absolute atomic E-state index is 0.0807. The summed E-state index contributed by atoms with van der Waals surface area (Å²) in [5.74, 6) is 0.106. The van der Waals surface area contributed by atoms with Crippen molar-refractivity contribution in [3.8, 4) is 0 Å². The molecule has 1 amide bonds. The highest BCUT2D eigenvalue weighted by Gasteiger charge is 2.41. The molecule has 1 aromatic carbocycles. The smallest absolute Gasteiger partial charge is 0.338 e. The Hall–Kier alpha value is -1.50. The lowest BCUT2D eigenvalue weighted by molar-refractivity contribution is -0.139. The lowest BCUT2D eigenvalue weighted by Crippen LogP contribution is -2.45. The largest absolute Gasteiger partial charge is 0.463 e. The molecule has 25 heavy (non-hydrogen) atoms. The van der Waals surface area contributed by atoms with Crippen LogP contribution in [0.4, 0.5) is 0 Å². The number of nitrogens with zero attached hydrogens (tertiary/aromatic N) is 2. The van der Waals surface area contributed by atoms with Gasteiger partial charge in [0.1, 0.15) is 0 Å². The fraction of sp³-hybridized carbons (Fsp3) is 0.353. The van der Waals surface area contributed by atoms with E-state index in [1.54, 1.807) is 36.9 Å². The average Bonchev–Trinajstić information content (AvgIpc) is 2.56. The molecule has 0 bridgehead atoms. The van der Waals surface area contributed by atoms with Crippen LogP contribution in [0.5, 0.6) is 0 Å². The van der Waals surface area contributed by atoms with Gasteiger partial charge in [0.2, 0.25) is 5.91 Å². The second kappa shape index (κ2) is 7.40. The third-order valence-electron chi connectivity index (χ3n) is 3.96. The Morgan fingerprint density at radius 3 is 2.84 bits per heavy atom. The summed E-state index contributed by atoms with van der Waals surface area (Å²) in [6.45, 7) is 3.73. The van der Waals surface area contributed by atoms with E-state index in [0.29, 0.717) is 44.2 Å². The van der Waals surface area contributed by atoms with E-state index in [9.17, 15) is 9.59 Å². The van der Waals surface area contributed by atoms with E-state index >= 15 is 0 Å². The fourth-order valence-electron chi connectivity index (χ4n) is 2.86. The first-order chi connectivity index (χ1) is 11.9. The summed E-state index contributed by atoms with van der Waals surface area (Å²) < 4.78 is 5.20. The number of amides is 1. The molecule has 132 valence electrons. The van der Waals surface area contributed by atoms with Gasteiger partial charge in [0.05, 0.1) is 34.0 Å². The third kappa shape index (κ3) is 3.43. The van der Waals surface area contributed by atoms with Crippen LogP contribution in [0.2, 0.25) is 10.0 Å². The first-order valence-corrected chi connectivity index (χ1v) is 9.54. The van der Waals surface area contributed by atoms with Crippen molar-refractivity contribution in [2.45, 2.75) is 26.3 Å². The monoisotopic (exact) mass is 398 g/mol. The summed E-state index contributed by atoms with van der Waals surface area (Å²) in [6, 6.07) is 4.48. The Morgan fingerprint density at radius 2 is 2.16 bits per heavy atom. The van der Waals surface area contributed by atoms with Crippen LogP contribution < -0.4 is 0 Å². The highest BCUT2D eigenvalue weighted by atomic mass is 35.5. The van der Waals surface area contributed by atoms with Crippen molar-refractivity contribution in [3.05, 3.63) is 45.1 Å². The number of fused-ring (bicyclic) bond motifs is 1. The average molecular weight is 399 g/mol. The molecule has 1 saturated heterocycles. The maximum atomic E-state index is 12.6. The SMILES string of the molecule is CCOC(=O)C1=C(C)N=C2SCCC(=O)N2[C@H]1c1ccc(Cl)c(Cl)c1. The molecule has 0 spiro atoms. The van der Waals surface area contributed by atoms with Gasteiger partial charge in [-0.3, -0.25) is 9.69 Å². The van der Waals surface area contributed by atoms with Gasteiger partial charge in [0.25, 0.3) is 0 Å². The molecule has 2 heterocycles. The molecule has 0 aromatic heterocycles. The molecule has 2 aliphatic heterocycles. The zero-order chi connectivity index (χ0) is 18.1. The summed E-state index contributed by atoms with van der Waals surface area (Å²) in [5, 5.41) is 1.37. The number of carbonyl (C=O) groups excluding carboxylic acids is 2. The Bertz CT molecular complexity index is 807. The van der Waals surface area contributed by atoms with Crippen molar-refractivity contribution in [3.63, 3.8) is 0 Å². The van der Waals surface area contributed by atoms with Gasteiger partial charge in [-0.2, -0.15) is 0 Å². The van der Waals surface area contributed by atoms with Crippen LogP contribution in [0, 0.1) is 0 Å². The number of aliphatic imine (C=N–C) groups is 1. The van der Waals surface area contributed by atoms with E-state index in [1.165, 1.54) is 11.8 Å². The number of amidine groups is 1. The quantitative estimate of drug-likeness (QED) is 0.715. The number of hydrogen-bond donors (Lipinski definition) is 0. The predicted molar refractivity (Wildman–Crippen MR) is 99.9 cm³/mol. The van der Waals surface area contributed by atoms with Crippen LogP contribution >= 0.6 is 35.0 Å². The van der Waals surface area contributed by atoms with Gasteiger partial charge in [0.15, 0.2) is 5.17 Å². The molecular formula is C17H16Cl2N2O3S. The van der Waals surface area contributed by atoms with E-state index in [2.05, 4.69) is 4.99 Å². The molecular weight excluding hydrogens is 383 g/mol. The number of hydrogen-bond acceptors (Lipinski definition) is 5. The van der Waals surface area contributed by atoms with Crippen molar-refractivity contribution >= 4 is 52.0 Å². The fourth-order valence-corrected chi connectivity index (χ4v) is 4.18. The number of carbonyl (C=O) groups is 2. The van der Waals surface area contributed by atoms with Crippen LogP contribution in [0.3, 0.4) is 0 Å². The summed E-state index contributed by atoms with van der Waals surface area (Å²) in [7, 11) is 0. The first-order valence-electron chi connectivity index (χ1n) is 7.80. The molecule has 3 rings (SSSR count). The molecule has 0 aliphatic carbocycles. The molecule has 8 heteroatoms. The standard InChI is InChI=1S/C17H16Cl2N2O3S/c1-3-24-16(23)14-9(2)20-17-21(13(22)6-7-25-17)15(14)10-4-5-11(18)12(19)8-10/h4-5,8,15H,3,6-7H2,1-2H3/t15-/m0/s1. The molecule has 0 N–H and O–H groups in total. The zero-order valence-electron chi connectivity index (χ0n) is 13.7. The highest BCUT2D eigenvalue weighted by molar-refractivity contribution is 8.14. The summed E-state index contributed by atoms with van der Waals surface area (Å²) in [4.78, 5) is 31.2. The van der Waals surface area contributed by atoms with E-state index in [1.807, 2.05) is 0 Å². The van der Waals surface area contributed by atoms with Gasteiger partial charge in [0, 0.05) is 12.2 Å². The maximum Gasteiger partial charge on any atom is 0.338 e. The van der Waals surface area contributed by atoms with E-state index < -0.39 is 12.0 Å². The zero-order valence-corrected chi connectivity index (χ0v) is 16.0. The normalized spacial score (nSPS) is 20.3. The number of thioether (sulfide) groups is 1. The molecule has 1 fully saturated rings. The van der Waals surface area contributed by atoms with Crippen molar-refractivity contribution in [2.75, 3.05) is 12.4 Å². The van der Waals surface area contributed by atoms with Crippen LogP contribution in [0.1, 0.15) is 31.9 Å². The topological polar surface area (TPSA) is 59.0 Å². The van der Waals surface area contributed by atoms with Crippen LogP contribution in [0.25, 0.3) is 0 Å². The third-order valence-corrected chi connectivity index (χ3v) is 5.65. The second-order valence-corrected chi connectivity index (χ2v) is 7.43. The number of halogens is 2. The van der Waals surface area contributed by atoms with Gasteiger partial charge in [-0.1, -0.05) is 41.0 Å². The van der Waals surface area contributed by atoms with Crippen molar-refractivity contribution in [1.29, 1.82) is 0 Å². The minimum Gasteiger partial charge on any atom is -0.463 e. The molecule has 1 atom stereocenters. The summed E-state index contributed by atoms with van der Waals surface area (Å²) >= 11 is 13.7. The summed E-state index contributed by atoms with van der Waals surface area (Å²) in [5.41, 5.74) is 1.59. The Kier molecular flexibility index (Phi) is 5.41. The van der Waals surface area contributed by atoms with Crippen LogP contribution in [0.15, 0.2) is 34.5 Å². The van der Waals surface area contributed by atoms with Crippen molar-refractivity contribution in [1.82, 2.24) is 4.90 Å². The van der Waals surface area contributed by atoms with Crippen LogP contribution in [-0.2, 0) is 14.3 Å². The number of esters is 1. The van der Waals surface area contributed by atoms with Crippen LogP contribution in [-0.4, -0.2) is 34.3 Å². The highest BCUT2D eigenvalue weighted by Crippen LogP contribution is 2.41. The molecule has 0 radical (unpaired) electrons. The molecule has 0 unspecified atom stereocenters. The van der Waals surface area contributed by atoms with Gasteiger partial charge < -0.3 is 4.74 Å². The Labute approximate surface area is 160 Å². The summed E-state index contributed by atoms with van der Waals surface area (Å²) in [6.07, 6.45) is 0.386. The van der Waals surface area contributed by atoms with Gasteiger partial charge >= 0.3 is 5.97 Å². The number of ether oxygens (including phenoxy) is 1.